The molecule has 0 saturated carbocycles. The van der Waals surface area contributed by atoms with Crippen LogP contribution in [0.2, 0.25) is 5.02 Å². The maximum absolute atomic E-state index is 12.4. The molecule has 1 aromatic heterocycles. The minimum Gasteiger partial charge on any atom is -0.355 e. The highest BCUT2D eigenvalue weighted by Gasteiger charge is 2.28. The van der Waals surface area contributed by atoms with Crippen molar-refractivity contribution in [1.82, 2.24) is 20.6 Å². The molecule has 0 saturated heterocycles. The smallest absolute Gasteiger partial charge is 0.253 e. The number of nitrogens with zero attached hydrogens (tertiary/aromatic N) is 2. The number of benzene rings is 2. The third kappa shape index (κ3) is 5.12. The van der Waals surface area contributed by atoms with Crippen molar-refractivity contribution in [3.63, 3.8) is 0 Å². The summed E-state index contributed by atoms with van der Waals surface area (Å²) in [6.45, 7) is 7.17. The van der Waals surface area contributed by atoms with Crippen LogP contribution in [-0.2, 0) is 16.6 Å². The molecule has 9 heteroatoms. The van der Waals surface area contributed by atoms with Crippen LogP contribution in [0.15, 0.2) is 48.7 Å². The Kier molecular flexibility index (Phi) is 6.70. The van der Waals surface area contributed by atoms with Gasteiger partial charge in [0.2, 0.25) is 11.9 Å². The topological polar surface area (TPSA) is 108 Å². The number of amides is 2. The van der Waals surface area contributed by atoms with E-state index in [0.717, 1.165) is 16.8 Å². The number of nitrogens with one attached hydrogen (secondary N) is 4. The quantitative estimate of drug-likeness (QED) is 0.420. The lowest BCUT2D eigenvalue weighted by Crippen LogP contribution is -2.34. The summed E-state index contributed by atoms with van der Waals surface area (Å²) in [5, 5.41) is 12.5. The molecule has 1 aliphatic heterocycles. The molecule has 3 aromatic rings. The Hall–Kier alpha value is -3.65. The standard InChI is InChI=1S/C25H27ClN6O2/c1-4-27-23(34)17-7-5-6-8-20(17)31-22-19(26)13-28-24(32-22)30-16-10-9-15-11-21(33)29-14-25(2,3)18(15)12-16/h5-10,12-13H,4,11,14H2,1-3H3,(H,27,34)(H,29,33)(H2,28,30,31,32). The number of carbonyl (C=O) groups excluding carboxylic acids is 2. The summed E-state index contributed by atoms with van der Waals surface area (Å²) in [7, 11) is 0. The number of halogens is 1. The van der Waals surface area contributed by atoms with Crippen LogP contribution in [0.3, 0.4) is 0 Å². The summed E-state index contributed by atoms with van der Waals surface area (Å²) in [5.41, 5.74) is 3.77. The molecule has 2 heterocycles. The lowest BCUT2D eigenvalue weighted by molar-refractivity contribution is -0.120. The van der Waals surface area contributed by atoms with Gasteiger partial charge in [-0.25, -0.2) is 4.98 Å². The summed E-state index contributed by atoms with van der Waals surface area (Å²) < 4.78 is 0. The summed E-state index contributed by atoms with van der Waals surface area (Å²) in [5.74, 6) is 0.565. The fraction of sp³-hybridized carbons (Fsp3) is 0.280. The Morgan fingerprint density at radius 1 is 1.18 bits per heavy atom. The molecular weight excluding hydrogens is 452 g/mol. The zero-order valence-corrected chi connectivity index (χ0v) is 20.1. The molecule has 2 amide bonds. The summed E-state index contributed by atoms with van der Waals surface area (Å²) in [6.07, 6.45) is 1.86. The molecule has 0 fully saturated rings. The van der Waals surface area contributed by atoms with Crippen LogP contribution in [0, 0.1) is 0 Å². The molecule has 176 valence electrons. The van der Waals surface area contributed by atoms with Crippen molar-refractivity contribution in [2.75, 3.05) is 23.7 Å². The van der Waals surface area contributed by atoms with Crippen molar-refractivity contribution in [1.29, 1.82) is 0 Å². The summed E-state index contributed by atoms with van der Waals surface area (Å²) in [4.78, 5) is 33.3. The van der Waals surface area contributed by atoms with Crippen LogP contribution in [0.25, 0.3) is 0 Å². The van der Waals surface area contributed by atoms with Gasteiger partial charge < -0.3 is 21.3 Å². The van der Waals surface area contributed by atoms with Crippen LogP contribution >= 0.6 is 11.6 Å². The SMILES string of the molecule is CCNC(=O)c1ccccc1Nc1nc(Nc2ccc3c(c2)C(C)(C)CNC(=O)C3)ncc1Cl. The molecule has 0 spiro atoms. The third-order valence-corrected chi connectivity index (χ3v) is 5.96. The van der Waals surface area contributed by atoms with Crippen LogP contribution in [0.5, 0.6) is 0 Å². The maximum Gasteiger partial charge on any atom is 0.253 e. The molecule has 0 aliphatic carbocycles. The second-order valence-corrected chi connectivity index (χ2v) is 9.16. The summed E-state index contributed by atoms with van der Waals surface area (Å²) >= 11 is 6.35. The van der Waals surface area contributed by atoms with E-state index in [2.05, 4.69) is 45.1 Å². The van der Waals surface area contributed by atoms with Gasteiger partial charge in [-0.3, -0.25) is 9.59 Å². The molecule has 0 unspecified atom stereocenters. The van der Waals surface area contributed by atoms with Crippen molar-refractivity contribution < 1.29 is 9.59 Å². The molecule has 34 heavy (non-hydrogen) atoms. The van der Waals surface area contributed by atoms with E-state index in [0.29, 0.717) is 47.6 Å². The Bertz CT molecular complexity index is 1240. The number of carbonyl (C=O) groups is 2. The van der Waals surface area contributed by atoms with Crippen molar-refractivity contribution in [2.24, 2.45) is 0 Å². The van der Waals surface area contributed by atoms with E-state index < -0.39 is 0 Å². The molecule has 8 nitrogen and oxygen atoms in total. The fourth-order valence-corrected chi connectivity index (χ4v) is 4.04. The molecule has 0 radical (unpaired) electrons. The molecular formula is C25H27ClN6O2. The van der Waals surface area contributed by atoms with Gasteiger partial charge in [0.05, 0.1) is 23.9 Å². The first-order valence-electron chi connectivity index (χ1n) is 11.1. The second kappa shape index (κ2) is 9.69. The second-order valence-electron chi connectivity index (χ2n) is 8.75. The number of hydrogen-bond donors (Lipinski definition) is 4. The predicted octanol–water partition coefficient (Wildman–Crippen LogP) is 4.32. The number of rotatable bonds is 6. The van der Waals surface area contributed by atoms with Crippen LogP contribution in [-0.4, -0.2) is 34.9 Å². The zero-order valence-electron chi connectivity index (χ0n) is 19.3. The molecule has 0 atom stereocenters. The van der Waals surface area contributed by atoms with Crippen molar-refractivity contribution >= 4 is 46.6 Å². The number of fused-ring (bicyclic) bond motifs is 1. The van der Waals surface area contributed by atoms with E-state index in [4.69, 9.17) is 11.6 Å². The van der Waals surface area contributed by atoms with Gasteiger partial charge >= 0.3 is 0 Å². The maximum atomic E-state index is 12.4. The third-order valence-electron chi connectivity index (χ3n) is 5.68. The van der Waals surface area contributed by atoms with E-state index in [-0.39, 0.29) is 17.2 Å². The highest BCUT2D eigenvalue weighted by Crippen LogP contribution is 2.32. The number of para-hydroxylation sites is 1. The van der Waals surface area contributed by atoms with Gasteiger partial charge in [0.1, 0.15) is 5.02 Å². The van der Waals surface area contributed by atoms with Crippen molar-refractivity contribution in [3.8, 4) is 0 Å². The van der Waals surface area contributed by atoms with Gasteiger partial charge in [0, 0.05) is 24.2 Å². The van der Waals surface area contributed by atoms with E-state index in [1.54, 1.807) is 18.2 Å². The highest BCUT2D eigenvalue weighted by atomic mass is 35.5. The van der Waals surface area contributed by atoms with Crippen molar-refractivity contribution in [2.45, 2.75) is 32.6 Å². The van der Waals surface area contributed by atoms with Gasteiger partial charge in [-0.15, -0.1) is 0 Å². The van der Waals surface area contributed by atoms with E-state index in [1.807, 2.05) is 31.2 Å². The first-order valence-corrected chi connectivity index (χ1v) is 11.5. The Morgan fingerprint density at radius 3 is 2.76 bits per heavy atom. The number of anilines is 4. The van der Waals surface area contributed by atoms with Crippen LogP contribution < -0.4 is 21.3 Å². The highest BCUT2D eigenvalue weighted by molar-refractivity contribution is 6.33. The minimum absolute atomic E-state index is 0.0252. The lowest BCUT2D eigenvalue weighted by atomic mass is 9.81. The molecule has 4 N–H and O–H groups in total. The molecule has 1 aliphatic rings. The van der Waals surface area contributed by atoms with Crippen LogP contribution in [0.1, 0.15) is 42.3 Å². The number of hydrogen-bond acceptors (Lipinski definition) is 6. The molecule has 0 bridgehead atoms. The Balaban J connectivity index is 1.60. The lowest BCUT2D eigenvalue weighted by Gasteiger charge is -2.25. The van der Waals surface area contributed by atoms with Gasteiger partial charge in [-0.1, -0.05) is 43.6 Å². The van der Waals surface area contributed by atoms with E-state index >= 15 is 0 Å². The minimum atomic E-state index is -0.213. The zero-order chi connectivity index (χ0) is 24.3. The Morgan fingerprint density at radius 2 is 1.97 bits per heavy atom. The average molecular weight is 479 g/mol. The first kappa shape index (κ1) is 23.5. The summed E-state index contributed by atoms with van der Waals surface area (Å²) in [6, 6.07) is 13.1. The largest absolute Gasteiger partial charge is 0.355 e. The fourth-order valence-electron chi connectivity index (χ4n) is 3.91. The molecule has 2 aromatic carbocycles. The van der Waals surface area contributed by atoms with Gasteiger partial charge in [-0.05, 0) is 42.3 Å². The van der Waals surface area contributed by atoms with E-state index in [1.165, 1.54) is 6.20 Å². The van der Waals surface area contributed by atoms with E-state index in [9.17, 15) is 9.59 Å². The molecule has 4 rings (SSSR count). The Labute approximate surface area is 203 Å². The van der Waals surface area contributed by atoms with Gasteiger partial charge in [0.25, 0.3) is 5.91 Å². The van der Waals surface area contributed by atoms with Crippen LogP contribution in [0.4, 0.5) is 23.1 Å². The van der Waals surface area contributed by atoms with Gasteiger partial charge in [0.15, 0.2) is 5.82 Å². The van der Waals surface area contributed by atoms with Crippen molar-refractivity contribution in [3.05, 3.63) is 70.4 Å². The predicted molar refractivity (Wildman–Crippen MR) is 134 cm³/mol. The first-order chi connectivity index (χ1) is 16.3. The normalized spacial score (nSPS) is 14.4. The monoisotopic (exact) mass is 478 g/mol. The number of aromatic nitrogens is 2. The van der Waals surface area contributed by atoms with Gasteiger partial charge in [-0.2, -0.15) is 4.98 Å². The average Bonchev–Trinajstić information content (AvgIpc) is 2.92.